The third-order valence-electron chi connectivity index (χ3n) is 2.02. The number of aliphatic hydroxyl groups is 2. The normalized spacial score (nSPS) is 44.7. The first kappa shape index (κ1) is 8.93. The lowest BCUT2D eigenvalue weighted by atomic mass is 10.1. The molecular formula is C7H14O4. The Morgan fingerprint density at radius 2 is 2.18 bits per heavy atom. The van der Waals surface area contributed by atoms with Crippen molar-refractivity contribution in [3.8, 4) is 0 Å². The molecule has 4 atom stereocenters. The number of methoxy groups -OCH3 is 1. The highest BCUT2D eigenvalue weighted by Gasteiger charge is 2.40. The summed E-state index contributed by atoms with van der Waals surface area (Å²) < 4.78 is 10.2. The predicted octanol–water partition coefficient (Wildman–Crippen LogP) is -0.858. The Labute approximate surface area is 65.7 Å². The molecule has 4 nitrogen and oxygen atoms in total. The van der Waals surface area contributed by atoms with Crippen molar-refractivity contribution in [2.45, 2.75) is 31.3 Å². The first-order valence-corrected chi connectivity index (χ1v) is 3.68. The molecule has 11 heavy (non-hydrogen) atoms. The second-order valence-electron chi connectivity index (χ2n) is 2.75. The lowest BCUT2D eigenvalue weighted by molar-refractivity contribution is -0.0175. The van der Waals surface area contributed by atoms with Crippen LogP contribution >= 0.6 is 0 Å². The van der Waals surface area contributed by atoms with Gasteiger partial charge in [-0.1, -0.05) is 0 Å². The minimum atomic E-state index is -0.708. The van der Waals surface area contributed by atoms with E-state index in [1.54, 1.807) is 0 Å². The minimum absolute atomic E-state index is 0.146. The summed E-state index contributed by atoms with van der Waals surface area (Å²) in [6.07, 6.45) is -1.66. The molecule has 1 saturated heterocycles. The van der Waals surface area contributed by atoms with E-state index in [1.165, 1.54) is 7.11 Å². The number of rotatable bonds is 2. The molecule has 1 fully saturated rings. The molecule has 0 aliphatic carbocycles. The van der Waals surface area contributed by atoms with Crippen LogP contribution < -0.4 is 0 Å². The van der Waals surface area contributed by atoms with Crippen molar-refractivity contribution < 1.29 is 19.7 Å². The zero-order valence-corrected chi connectivity index (χ0v) is 6.73. The van der Waals surface area contributed by atoms with Crippen molar-refractivity contribution >= 4 is 0 Å². The smallest absolute Gasteiger partial charge is 0.111 e. The molecular weight excluding hydrogens is 148 g/mol. The lowest BCUT2D eigenvalue weighted by Gasteiger charge is -2.14. The van der Waals surface area contributed by atoms with Gasteiger partial charge >= 0.3 is 0 Å². The minimum Gasteiger partial charge on any atom is -0.394 e. The van der Waals surface area contributed by atoms with E-state index in [9.17, 15) is 5.11 Å². The highest BCUT2D eigenvalue weighted by Crippen LogP contribution is 2.22. The summed E-state index contributed by atoms with van der Waals surface area (Å²) >= 11 is 0. The van der Waals surface area contributed by atoms with Crippen LogP contribution in [0.3, 0.4) is 0 Å². The van der Waals surface area contributed by atoms with Gasteiger partial charge in [-0.3, -0.25) is 0 Å². The van der Waals surface area contributed by atoms with E-state index in [0.717, 1.165) is 0 Å². The second kappa shape index (κ2) is 3.49. The van der Waals surface area contributed by atoms with Gasteiger partial charge < -0.3 is 19.7 Å². The predicted molar refractivity (Wildman–Crippen MR) is 38.2 cm³/mol. The van der Waals surface area contributed by atoms with Crippen molar-refractivity contribution in [1.29, 1.82) is 0 Å². The molecule has 2 N–H and O–H groups in total. The molecule has 0 amide bonds. The van der Waals surface area contributed by atoms with E-state index in [2.05, 4.69) is 0 Å². The first-order chi connectivity index (χ1) is 5.20. The lowest BCUT2D eigenvalue weighted by Crippen LogP contribution is -2.34. The van der Waals surface area contributed by atoms with Gasteiger partial charge in [0, 0.05) is 7.11 Å². The zero-order chi connectivity index (χ0) is 8.43. The average Bonchev–Trinajstić information content (AvgIpc) is 2.26. The molecule has 0 aromatic heterocycles. The summed E-state index contributed by atoms with van der Waals surface area (Å²) in [6.45, 7) is 1.65. The van der Waals surface area contributed by atoms with Crippen LogP contribution in [0.1, 0.15) is 6.92 Å². The van der Waals surface area contributed by atoms with Gasteiger partial charge in [-0.05, 0) is 6.92 Å². The van der Waals surface area contributed by atoms with Crippen LogP contribution in [0.2, 0.25) is 0 Å². The molecule has 0 spiro atoms. The van der Waals surface area contributed by atoms with E-state index in [4.69, 9.17) is 14.6 Å². The maximum atomic E-state index is 9.41. The summed E-state index contributed by atoms with van der Waals surface area (Å²) in [5, 5.41) is 18.1. The van der Waals surface area contributed by atoms with Gasteiger partial charge in [0.15, 0.2) is 0 Å². The van der Waals surface area contributed by atoms with Crippen molar-refractivity contribution in [3.05, 3.63) is 0 Å². The molecule has 0 radical (unpaired) electrons. The van der Waals surface area contributed by atoms with Crippen LogP contribution in [-0.2, 0) is 9.47 Å². The molecule has 4 heteroatoms. The summed E-state index contributed by atoms with van der Waals surface area (Å²) in [7, 11) is 1.52. The van der Waals surface area contributed by atoms with E-state index in [0.29, 0.717) is 0 Å². The highest BCUT2D eigenvalue weighted by molar-refractivity contribution is 4.88. The standard InChI is InChI=1S/C7H14O4/c1-4-7(10-2)6(9)5(3-8)11-4/h4-9H,3H2,1-2H3/t4-,5+,6?,7?/m0/s1. The molecule has 0 bridgehead atoms. The van der Waals surface area contributed by atoms with Crippen molar-refractivity contribution in [2.75, 3.05) is 13.7 Å². The molecule has 1 aliphatic rings. The van der Waals surface area contributed by atoms with Gasteiger partial charge in [0.2, 0.25) is 0 Å². The third kappa shape index (κ3) is 1.54. The van der Waals surface area contributed by atoms with Gasteiger partial charge in [0.05, 0.1) is 12.7 Å². The van der Waals surface area contributed by atoms with E-state index in [1.807, 2.05) is 6.92 Å². The highest BCUT2D eigenvalue weighted by atomic mass is 16.6. The van der Waals surface area contributed by atoms with Crippen molar-refractivity contribution in [2.24, 2.45) is 0 Å². The maximum absolute atomic E-state index is 9.41. The largest absolute Gasteiger partial charge is 0.394 e. The topological polar surface area (TPSA) is 58.9 Å². The molecule has 1 rings (SSSR count). The Bertz CT molecular complexity index is 128. The number of hydrogen-bond acceptors (Lipinski definition) is 4. The Morgan fingerprint density at radius 1 is 1.55 bits per heavy atom. The van der Waals surface area contributed by atoms with Crippen LogP contribution in [0.15, 0.2) is 0 Å². The van der Waals surface area contributed by atoms with Crippen LogP contribution in [0, 0.1) is 0 Å². The maximum Gasteiger partial charge on any atom is 0.111 e. The Kier molecular flexibility index (Phi) is 2.84. The van der Waals surface area contributed by atoms with E-state index in [-0.39, 0.29) is 18.8 Å². The van der Waals surface area contributed by atoms with Crippen LogP contribution in [0.5, 0.6) is 0 Å². The molecule has 66 valence electrons. The monoisotopic (exact) mass is 162 g/mol. The molecule has 1 heterocycles. The van der Waals surface area contributed by atoms with Gasteiger partial charge in [-0.2, -0.15) is 0 Å². The molecule has 0 saturated carbocycles. The fraction of sp³-hybridized carbons (Fsp3) is 1.00. The van der Waals surface area contributed by atoms with Crippen molar-refractivity contribution in [3.63, 3.8) is 0 Å². The third-order valence-corrected chi connectivity index (χ3v) is 2.02. The van der Waals surface area contributed by atoms with E-state index >= 15 is 0 Å². The Hall–Kier alpha value is -0.160. The van der Waals surface area contributed by atoms with Crippen LogP contribution in [0.4, 0.5) is 0 Å². The molecule has 0 aromatic carbocycles. The van der Waals surface area contributed by atoms with Gasteiger partial charge in [-0.15, -0.1) is 0 Å². The average molecular weight is 162 g/mol. The van der Waals surface area contributed by atoms with Crippen molar-refractivity contribution in [1.82, 2.24) is 0 Å². The summed E-state index contributed by atoms with van der Waals surface area (Å²) in [5.41, 5.74) is 0. The summed E-state index contributed by atoms with van der Waals surface area (Å²) in [6, 6.07) is 0. The van der Waals surface area contributed by atoms with Crippen LogP contribution in [0.25, 0.3) is 0 Å². The van der Waals surface area contributed by atoms with Gasteiger partial charge in [0.1, 0.15) is 18.3 Å². The summed E-state index contributed by atoms with van der Waals surface area (Å²) in [5.74, 6) is 0. The fourth-order valence-corrected chi connectivity index (χ4v) is 1.40. The van der Waals surface area contributed by atoms with Gasteiger partial charge in [-0.25, -0.2) is 0 Å². The number of aliphatic hydroxyl groups excluding tert-OH is 2. The molecule has 2 unspecified atom stereocenters. The molecule has 0 aromatic rings. The Morgan fingerprint density at radius 3 is 2.45 bits per heavy atom. The quantitative estimate of drug-likeness (QED) is 0.555. The number of hydrogen-bond donors (Lipinski definition) is 2. The van der Waals surface area contributed by atoms with E-state index < -0.39 is 12.2 Å². The molecule has 1 aliphatic heterocycles. The van der Waals surface area contributed by atoms with Gasteiger partial charge in [0.25, 0.3) is 0 Å². The second-order valence-corrected chi connectivity index (χ2v) is 2.75. The SMILES string of the molecule is COC1C(O)[C@@H](CO)O[C@H]1C. The Balaban J connectivity index is 2.55. The van der Waals surface area contributed by atoms with Crippen LogP contribution in [-0.4, -0.2) is 48.3 Å². The summed E-state index contributed by atoms with van der Waals surface area (Å²) in [4.78, 5) is 0. The number of ether oxygens (including phenoxy) is 2. The first-order valence-electron chi connectivity index (χ1n) is 3.68. The fourth-order valence-electron chi connectivity index (χ4n) is 1.40. The zero-order valence-electron chi connectivity index (χ0n) is 6.73.